The molecule has 0 radical (unpaired) electrons. The van der Waals surface area contributed by atoms with Crippen molar-refractivity contribution in [3.05, 3.63) is 40.7 Å². The number of piperidine rings is 1. The first-order chi connectivity index (χ1) is 11.8. The fourth-order valence-corrected chi connectivity index (χ4v) is 3.37. The third-order valence-electron chi connectivity index (χ3n) is 4.05. The first-order valence-electron chi connectivity index (χ1n) is 7.81. The molecule has 0 bridgehead atoms. The molecule has 2 aromatic rings. The monoisotopic (exact) mass is 375 g/mol. The second-order valence-electron chi connectivity index (χ2n) is 5.88. The number of halogens is 4. The van der Waals surface area contributed by atoms with Gasteiger partial charge in [-0.1, -0.05) is 17.4 Å². The number of rotatable bonds is 4. The van der Waals surface area contributed by atoms with E-state index in [0.717, 1.165) is 6.20 Å². The summed E-state index contributed by atoms with van der Waals surface area (Å²) in [7, 11) is 0. The normalized spacial score (nSPS) is 16.3. The quantitative estimate of drug-likeness (QED) is 0.797. The van der Waals surface area contributed by atoms with Crippen molar-refractivity contribution in [3.63, 3.8) is 0 Å². The van der Waals surface area contributed by atoms with E-state index in [1.165, 1.54) is 6.07 Å². The maximum absolute atomic E-state index is 14.3. The maximum Gasteiger partial charge on any atom is 0.427 e. The predicted octanol–water partition coefficient (Wildman–Crippen LogP) is 3.87. The van der Waals surface area contributed by atoms with E-state index in [4.69, 9.17) is 0 Å². The average Bonchev–Trinajstić information content (AvgIpc) is 3.03. The molecule has 1 saturated heterocycles. The molecule has 0 amide bonds. The zero-order chi connectivity index (χ0) is 18.0. The number of hydrogen-bond donors (Lipinski definition) is 2. The molecule has 2 N–H and O–H groups in total. The molecule has 1 aromatic heterocycles. The van der Waals surface area contributed by atoms with Crippen molar-refractivity contribution in [1.82, 2.24) is 4.98 Å². The number of aromatic nitrogens is 1. The Morgan fingerprint density at radius 1 is 1.28 bits per heavy atom. The van der Waals surface area contributed by atoms with Gasteiger partial charge in [0.2, 0.25) is 0 Å². The molecule has 1 aliphatic heterocycles. The number of aliphatic hydroxyl groups is 1. The minimum absolute atomic E-state index is 0.141. The van der Waals surface area contributed by atoms with Crippen LogP contribution >= 0.6 is 11.3 Å². The van der Waals surface area contributed by atoms with E-state index in [1.807, 2.05) is 4.90 Å². The van der Waals surface area contributed by atoms with Crippen LogP contribution in [0.4, 0.5) is 28.4 Å². The van der Waals surface area contributed by atoms with Crippen LogP contribution in [-0.2, 0) is 12.7 Å². The van der Waals surface area contributed by atoms with Crippen LogP contribution in [0.1, 0.15) is 23.3 Å². The van der Waals surface area contributed by atoms with E-state index in [-0.39, 0.29) is 23.6 Å². The van der Waals surface area contributed by atoms with Crippen LogP contribution in [0.3, 0.4) is 0 Å². The van der Waals surface area contributed by atoms with Crippen molar-refractivity contribution >= 4 is 22.2 Å². The van der Waals surface area contributed by atoms with Gasteiger partial charge >= 0.3 is 6.18 Å². The predicted molar refractivity (Wildman–Crippen MR) is 88.3 cm³/mol. The van der Waals surface area contributed by atoms with Gasteiger partial charge in [-0.05, 0) is 30.5 Å². The Balaban J connectivity index is 1.62. The van der Waals surface area contributed by atoms with E-state index < -0.39 is 11.1 Å². The zero-order valence-corrected chi connectivity index (χ0v) is 14.0. The average molecular weight is 375 g/mol. The lowest BCUT2D eigenvalue weighted by Crippen LogP contribution is -2.36. The van der Waals surface area contributed by atoms with E-state index in [1.54, 1.807) is 12.1 Å². The first kappa shape index (κ1) is 17.9. The summed E-state index contributed by atoms with van der Waals surface area (Å²) in [6.07, 6.45) is -2.75. The highest BCUT2D eigenvalue weighted by molar-refractivity contribution is 7.15. The Kier molecular flexibility index (Phi) is 5.14. The number of nitrogens with zero attached hydrogens (tertiary/aromatic N) is 2. The highest BCUT2D eigenvalue weighted by Crippen LogP contribution is 2.35. The SMILES string of the molecule is OC1CCN(c2ccc(CNc3ncc(C(F)(F)F)s3)cc2F)CC1. The van der Waals surface area contributed by atoms with Gasteiger partial charge in [-0.2, -0.15) is 13.2 Å². The highest BCUT2D eigenvalue weighted by atomic mass is 32.1. The largest absolute Gasteiger partial charge is 0.427 e. The lowest BCUT2D eigenvalue weighted by Gasteiger charge is -2.31. The summed E-state index contributed by atoms with van der Waals surface area (Å²) >= 11 is 0.516. The molecule has 136 valence electrons. The van der Waals surface area contributed by atoms with E-state index in [2.05, 4.69) is 10.3 Å². The van der Waals surface area contributed by atoms with Crippen molar-refractivity contribution < 1.29 is 22.7 Å². The van der Waals surface area contributed by atoms with Gasteiger partial charge in [0, 0.05) is 19.6 Å². The second-order valence-corrected chi connectivity index (χ2v) is 6.92. The molecule has 0 spiro atoms. The molecule has 2 heterocycles. The van der Waals surface area contributed by atoms with Crippen molar-refractivity contribution in [2.75, 3.05) is 23.3 Å². The van der Waals surface area contributed by atoms with Gasteiger partial charge in [0.25, 0.3) is 0 Å². The number of anilines is 2. The Morgan fingerprint density at radius 2 is 2.00 bits per heavy atom. The van der Waals surface area contributed by atoms with Gasteiger partial charge in [-0.25, -0.2) is 9.37 Å². The highest BCUT2D eigenvalue weighted by Gasteiger charge is 2.33. The van der Waals surface area contributed by atoms with E-state index in [9.17, 15) is 22.7 Å². The number of thiazole rings is 1. The van der Waals surface area contributed by atoms with Crippen LogP contribution in [0.5, 0.6) is 0 Å². The van der Waals surface area contributed by atoms with Gasteiger partial charge < -0.3 is 15.3 Å². The molecule has 25 heavy (non-hydrogen) atoms. The number of nitrogens with one attached hydrogen (secondary N) is 1. The number of benzene rings is 1. The lowest BCUT2D eigenvalue weighted by molar-refractivity contribution is -0.134. The van der Waals surface area contributed by atoms with Gasteiger partial charge in [0.15, 0.2) is 5.13 Å². The molecule has 0 unspecified atom stereocenters. The molecule has 4 nitrogen and oxygen atoms in total. The minimum atomic E-state index is -4.41. The maximum atomic E-state index is 14.3. The molecule has 1 aromatic carbocycles. The van der Waals surface area contributed by atoms with Gasteiger partial charge in [0.1, 0.15) is 10.7 Å². The zero-order valence-electron chi connectivity index (χ0n) is 13.2. The van der Waals surface area contributed by atoms with Crippen LogP contribution in [0.15, 0.2) is 24.4 Å². The van der Waals surface area contributed by atoms with Crippen molar-refractivity contribution in [3.8, 4) is 0 Å². The van der Waals surface area contributed by atoms with Crippen LogP contribution < -0.4 is 10.2 Å². The van der Waals surface area contributed by atoms with E-state index in [0.29, 0.717) is 48.5 Å². The van der Waals surface area contributed by atoms with E-state index >= 15 is 0 Å². The fourth-order valence-electron chi connectivity index (χ4n) is 2.69. The standard InChI is InChI=1S/C16H17F4N3OS/c17-12-7-10(1-2-13(12)23-5-3-11(24)4-6-23)8-21-15-22-9-14(25-15)16(18,19)20/h1-2,7,9,11,24H,3-6,8H2,(H,21,22). The lowest BCUT2D eigenvalue weighted by atomic mass is 10.1. The third-order valence-corrected chi connectivity index (χ3v) is 5.05. The Labute approximate surface area is 146 Å². The van der Waals surface area contributed by atoms with Crippen molar-refractivity contribution in [2.45, 2.75) is 31.7 Å². The molecule has 0 saturated carbocycles. The molecule has 0 atom stereocenters. The molecule has 9 heteroatoms. The molecular formula is C16H17F4N3OS. The molecule has 1 fully saturated rings. The number of alkyl halides is 3. The summed E-state index contributed by atoms with van der Waals surface area (Å²) in [4.78, 5) is 4.79. The van der Waals surface area contributed by atoms with Crippen LogP contribution in [0.25, 0.3) is 0 Å². The Bertz CT molecular complexity index is 726. The number of hydrogen-bond acceptors (Lipinski definition) is 5. The summed E-state index contributed by atoms with van der Waals surface area (Å²) in [6.45, 7) is 1.37. The Morgan fingerprint density at radius 3 is 2.60 bits per heavy atom. The molecule has 1 aliphatic rings. The van der Waals surface area contributed by atoms with Crippen LogP contribution in [0, 0.1) is 5.82 Å². The molecule has 3 rings (SSSR count). The first-order valence-corrected chi connectivity index (χ1v) is 8.63. The number of aliphatic hydroxyl groups excluding tert-OH is 1. The summed E-state index contributed by atoms with van der Waals surface area (Å²) in [5, 5.41) is 12.4. The topological polar surface area (TPSA) is 48.4 Å². The molecule has 0 aliphatic carbocycles. The summed E-state index contributed by atoms with van der Waals surface area (Å²) in [5.41, 5.74) is 1.09. The summed E-state index contributed by atoms with van der Waals surface area (Å²) in [5.74, 6) is -0.384. The van der Waals surface area contributed by atoms with Crippen molar-refractivity contribution in [1.29, 1.82) is 0 Å². The van der Waals surface area contributed by atoms with Crippen molar-refractivity contribution in [2.24, 2.45) is 0 Å². The van der Waals surface area contributed by atoms with Crippen LogP contribution in [-0.4, -0.2) is 29.3 Å². The van der Waals surface area contributed by atoms with Crippen LogP contribution in [0.2, 0.25) is 0 Å². The smallest absolute Gasteiger partial charge is 0.393 e. The second kappa shape index (κ2) is 7.17. The van der Waals surface area contributed by atoms with Gasteiger partial charge in [0.05, 0.1) is 18.0 Å². The Hall–Kier alpha value is -1.87. The fraction of sp³-hybridized carbons (Fsp3) is 0.438. The van der Waals surface area contributed by atoms with Gasteiger partial charge in [-0.15, -0.1) is 0 Å². The third kappa shape index (κ3) is 4.40. The summed E-state index contributed by atoms with van der Waals surface area (Å²) < 4.78 is 51.9. The van der Waals surface area contributed by atoms with Gasteiger partial charge in [-0.3, -0.25) is 0 Å². The molecular weight excluding hydrogens is 358 g/mol. The summed E-state index contributed by atoms with van der Waals surface area (Å²) in [6, 6.07) is 4.76. The minimum Gasteiger partial charge on any atom is -0.393 e.